The number of nitrogens with one attached hydrogen (secondary N) is 1. The molecule has 0 spiro atoms. The molecule has 1 aliphatic heterocycles. The van der Waals surface area contributed by atoms with Crippen LogP contribution < -0.4 is 5.32 Å². The Hall–Kier alpha value is -0.940. The van der Waals surface area contributed by atoms with Crippen molar-refractivity contribution in [3.63, 3.8) is 0 Å². The van der Waals surface area contributed by atoms with Gasteiger partial charge in [0.15, 0.2) is 9.84 Å². The van der Waals surface area contributed by atoms with Crippen LogP contribution in [0.15, 0.2) is 18.2 Å². The highest BCUT2D eigenvalue weighted by atomic mass is 32.2. The highest BCUT2D eigenvalue weighted by Crippen LogP contribution is 2.19. The van der Waals surface area contributed by atoms with Crippen LogP contribution in [0.5, 0.6) is 0 Å². The highest BCUT2D eigenvalue weighted by molar-refractivity contribution is 7.91. The van der Waals surface area contributed by atoms with E-state index in [9.17, 15) is 12.8 Å². The highest BCUT2D eigenvalue weighted by Gasteiger charge is 2.28. The minimum Gasteiger partial charge on any atom is -0.306 e. The van der Waals surface area contributed by atoms with Crippen molar-refractivity contribution in [2.45, 2.75) is 32.4 Å². The molecule has 1 N–H and O–H groups in total. The zero-order valence-electron chi connectivity index (χ0n) is 10.6. The molecular weight excluding hydrogens is 253 g/mol. The fourth-order valence-electron chi connectivity index (χ4n) is 2.25. The van der Waals surface area contributed by atoms with Gasteiger partial charge in [-0.2, -0.15) is 0 Å². The molecule has 5 heteroatoms. The van der Waals surface area contributed by atoms with Gasteiger partial charge >= 0.3 is 0 Å². The zero-order valence-corrected chi connectivity index (χ0v) is 11.4. The molecule has 1 aliphatic rings. The van der Waals surface area contributed by atoms with Crippen LogP contribution in [0.3, 0.4) is 0 Å². The molecule has 1 fully saturated rings. The Labute approximate surface area is 107 Å². The van der Waals surface area contributed by atoms with E-state index in [0.717, 1.165) is 5.56 Å². The maximum atomic E-state index is 13.5. The number of benzene rings is 1. The lowest BCUT2D eigenvalue weighted by atomic mass is 10.0. The lowest BCUT2D eigenvalue weighted by molar-refractivity contribution is 0.482. The summed E-state index contributed by atoms with van der Waals surface area (Å²) in [4.78, 5) is 0. The first-order chi connectivity index (χ1) is 8.37. The van der Waals surface area contributed by atoms with Crippen molar-refractivity contribution in [2.24, 2.45) is 0 Å². The first-order valence-corrected chi connectivity index (χ1v) is 7.92. The van der Waals surface area contributed by atoms with Crippen LogP contribution in [0, 0.1) is 12.7 Å². The van der Waals surface area contributed by atoms with Crippen molar-refractivity contribution in [3.05, 3.63) is 35.1 Å². The lowest BCUT2D eigenvalue weighted by Gasteiger charge is -2.19. The average Bonchev–Trinajstić information content (AvgIpc) is 2.62. The molecule has 0 aromatic heterocycles. The summed E-state index contributed by atoms with van der Waals surface area (Å²) in [5.41, 5.74) is 1.47. The Morgan fingerprint density at radius 1 is 1.44 bits per heavy atom. The van der Waals surface area contributed by atoms with Crippen molar-refractivity contribution in [3.8, 4) is 0 Å². The predicted molar refractivity (Wildman–Crippen MR) is 69.7 cm³/mol. The fraction of sp³-hybridized carbons (Fsp3) is 0.538. The molecule has 2 atom stereocenters. The minimum atomic E-state index is -2.87. The van der Waals surface area contributed by atoms with Crippen LogP contribution in [0.4, 0.5) is 4.39 Å². The number of hydrogen-bond acceptors (Lipinski definition) is 3. The summed E-state index contributed by atoms with van der Waals surface area (Å²) in [7, 11) is -2.87. The fourth-order valence-corrected chi connectivity index (χ4v) is 3.94. The lowest BCUT2D eigenvalue weighted by Crippen LogP contribution is -2.32. The standard InChI is InChI=1S/C13H18FNO2S/c1-9-3-4-11(7-13(9)14)10(2)15-12-5-6-18(16,17)8-12/h3-4,7,10,12,15H,5-6,8H2,1-2H3. The quantitative estimate of drug-likeness (QED) is 0.914. The predicted octanol–water partition coefficient (Wildman–Crippen LogP) is 1.97. The smallest absolute Gasteiger partial charge is 0.151 e. The van der Waals surface area contributed by atoms with Crippen molar-refractivity contribution in [2.75, 3.05) is 11.5 Å². The molecule has 0 saturated carbocycles. The van der Waals surface area contributed by atoms with Crippen molar-refractivity contribution < 1.29 is 12.8 Å². The maximum Gasteiger partial charge on any atom is 0.151 e. The van der Waals surface area contributed by atoms with Gasteiger partial charge in [-0.05, 0) is 37.5 Å². The van der Waals surface area contributed by atoms with Crippen LogP contribution >= 0.6 is 0 Å². The van der Waals surface area contributed by atoms with Gasteiger partial charge in [0.05, 0.1) is 11.5 Å². The van der Waals surface area contributed by atoms with E-state index in [1.807, 2.05) is 13.0 Å². The molecular formula is C13H18FNO2S. The van der Waals surface area contributed by atoms with Gasteiger partial charge in [0.25, 0.3) is 0 Å². The molecule has 2 unspecified atom stereocenters. The first-order valence-electron chi connectivity index (χ1n) is 6.10. The molecule has 0 amide bonds. The van der Waals surface area contributed by atoms with Crippen LogP contribution in [-0.2, 0) is 9.84 Å². The Morgan fingerprint density at radius 3 is 2.72 bits per heavy atom. The summed E-state index contributed by atoms with van der Waals surface area (Å²) < 4.78 is 36.2. The van der Waals surface area contributed by atoms with Gasteiger partial charge in [0.2, 0.25) is 0 Å². The number of aryl methyl sites for hydroxylation is 1. The molecule has 0 radical (unpaired) electrons. The minimum absolute atomic E-state index is 0.0191. The third kappa shape index (κ3) is 3.09. The van der Waals surface area contributed by atoms with E-state index >= 15 is 0 Å². The summed E-state index contributed by atoms with van der Waals surface area (Å²) >= 11 is 0. The molecule has 18 heavy (non-hydrogen) atoms. The van der Waals surface area contributed by atoms with Gasteiger partial charge < -0.3 is 5.32 Å². The van der Waals surface area contributed by atoms with E-state index < -0.39 is 9.84 Å². The normalized spacial score (nSPS) is 24.1. The van der Waals surface area contributed by atoms with E-state index in [2.05, 4.69) is 5.32 Å². The second kappa shape index (κ2) is 4.97. The summed E-state index contributed by atoms with van der Waals surface area (Å²) in [5, 5.41) is 3.25. The number of hydrogen-bond donors (Lipinski definition) is 1. The molecule has 1 saturated heterocycles. The molecule has 1 aromatic carbocycles. The van der Waals surface area contributed by atoms with Gasteiger partial charge in [-0.3, -0.25) is 0 Å². The molecule has 1 aromatic rings. The third-order valence-electron chi connectivity index (χ3n) is 3.41. The maximum absolute atomic E-state index is 13.5. The Kier molecular flexibility index (Phi) is 3.73. The van der Waals surface area contributed by atoms with Crippen LogP contribution in [0.25, 0.3) is 0 Å². The molecule has 0 aliphatic carbocycles. The van der Waals surface area contributed by atoms with Crippen molar-refractivity contribution in [1.82, 2.24) is 5.32 Å². The molecule has 1 heterocycles. The molecule has 3 nitrogen and oxygen atoms in total. The summed E-state index contributed by atoms with van der Waals surface area (Å²) in [6, 6.07) is 5.07. The number of rotatable bonds is 3. The largest absolute Gasteiger partial charge is 0.306 e. The van der Waals surface area contributed by atoms with E-state index in [0.29, 0.717) is 12.0 Å². The summed E-state index contributed by atoms with van der Waals surface area (Å²) in [6.45, 7) is 3.65. The van der Waals surface area contributed by atoms with Gasteiger partial charge in [-0.15, -0.1) is 0 Å². The summed E-state index contributed by atoms with van der Waals surface area (Å²) in [5.74, 6) is 0.214. The van der Waals surface area contributed by atoms with E-state index in [4.69, 9.17) is 0 Å². The van der Waals surface area contributed by atoms with Gasteiger partial charge in [-0.1, -0.05) is 12.1 Å². The Bertz CT molecular complexity index is 542. The SMILES string of the molecule is Cc1ccc(C(C)NC2CCS(=O)(=O)C2)cc1F. The average molecular weight is 271 g/mol. The zero-order chi connectivity index (χ0) is 13.3. The van der Waals surface area contributed by atoms with Crippen molar-refractivity contribution in [1.29, 1.82) is 0 Å². The van der Waals surface area contributed by atoms with Crippen molar-refractivity contribution >= 4 is 9.84 Å². The third-order valence-corrected chi connectivity index (χ3v) is 5.18. The van der Waals surface area contributed by atoms with Gasteiger partial charge in [0, 0.05) is 12.1 Å². The van der Waals surface area contributed by atoms with Crippen LogP contribution in [0.1, 0.15) is 30.5 Å². The molecule has 0 bridgehead atoms. The monoisotopic (exact) mass is 271 g/mol. The van der Waals surface area contributed by atoms with Gasteiger partial charge in [-0.25, -0.2) is 12.8 Å². The first kappa shape index (κ1) is 13.5. The summed E-state index contributed by atoms with van der Waals surface area (Å²) in [6.07, 6.45) is 0.640. The number of sulfone groups is 1. The molecule has 100 valence electrons. The van der Waals surface area contributed by atoms with Crippen LogP contribution in [0.2, 0.25) is 0 Å². The Balaban J connectivity index is 2.04. The molecule has 2 rings (SSSR count). The van der Waals surface area contributed by atoms with E-state index in [-0.39, 0.29) is 29.4 Å². The number of halogens is 1. The second-order valence-corrected chi connectivity index (χ2v) is 7.23. The van der Waals surface area contributed by atoms with E-state index in [1.165, 1.54) is 6.07 Å². The second-order valence-electron chi connectivity index (χ2n) is 5.00. The van der Waals surface area contributed by atoms with Gasteiger partial charge in [0.1, 0.15) is 5.82 Å². The Morgan fingerprint density at radius 2 is 2.17 bits per heavy atom. The van der Waals surface area contributed by atoms with E-state index in [1.54, 1.807) is 13.0 Å². The van der Waals surface area contributed by atoms with Crippen LogP contribution in [-0.4, -0.2) is 26.0 Å². The topological polar surface area (TPSA) is 46.2 Å².